The summed E-state index contributed by atoms with van der Waals surface area (Å²) >= 11 is 9.62. The van der Waals surface area contributed by atoms with Crippen molar-refractivity contribution >= 4 is 39.2 Å². The summed E-state index contributed by atoms with van der Waals surface area (Å²) < 4.78 is 6.00. The Morgan fingerprint density at radius 3 is 2.62 bits per heavy atom. The molecule has 110 valence electrons. The summed E-state index contributed by atoms with van der Waals surface area (Å²) in [6, 6.07) is 14.3. The molecule has 0 aliphatic carbocycles. The van der Waals surface area contributed by atoms with Crippen molar-refractivity contribution in [3.05, 3.63) is 63.6 Å². The first-order valence-electron chi connectivity index (χ1n) is 6.55. The molecule has 0 aliphatic rings. The number of anilines is 1. The molecule has 0 fully saturated rings. The number of para-hydroxylation sites is 1. The van der Waals surface area contributed by atoms with Gasteiger partial charge in [0.2, 0.25) is 0 Å². The molecule has 21 heavy (non-hydrogen) atoms. The summed E-state index contributed by atoms with van der Waals surface area (Å²) in [5, 5.41) is 3.67. The number of hydrogen-bond donors (Lipinski definition) is 1. The number of benzene rings is 2. The molecule has 0 bridgehead atoms. The Kier molecular flexibility index (Phi) is 5.65. The van der Waals surface area contributed by atoms with Gasteiger partial charge in [0.25, 0.3) is 0 Å². The molecule has 0 aromatic heterocycles. The molecule has 0 radical (unpaired) electrons. The van der Waals surface area contributed by atoms with Crippen LogP contribution in [0.2, 0.25) is 5.02 Å². The minimum Gasteiger partial charge on any atom is -0.464 e. The molecule has 0 saturated carbocycles. The molecule has 0 heterocycles. The molecular formula is C16H15BrClNO2. The summed E-state index contributed by atoms with van der Waals surface area (Å²) in [5.41, 5.74) is 1.51. The molecule has 2 aromatic rings. The number of rotatable bonds is 5. The second-order valence-corrected chi connectivity index (χ2v) is 5.68. The Morgan fingerprint density at radius 2 is 2.00 bits per heavy atom. The first-order valence-corrected chi connectivity index (χ1v) is 7.72. The van der Waals surface area contributed by atoms with Gasteiger partial charge in [-0.05, 0) is 31.2 Å². The van der Waals surface area contributed by atoms with E-state index in [1.54, 1.807) is 13.0 Å². The molecule has 2 rings (SSSR count). The second kappa shape index (κ2) is 7.48. The number of esters is 1. The van der Waals surface area contributed by atoms with Crippen LogP contribution in [0.15, 0.2) is 53.0 Å². The summed E-state index contributed by atoms with van der Waals surface area (Å²) in [6.45, 7) is 2.10. The van der Waals surface area contributed by atoms with Crippen molar-refractivity contribution in [2.45, 2.75) is 13.0 Å². The number of halogens is 2. The molecule has 1 atom stereocenters. The Labute approximate surface area is 137 Å². The van der Waals surface area contributed by atoms with Crippen LogP contribution in [0.1, 0.15) is 18.5 Å². The Balaban J connectivity index is 2.33. The van der Waals surface area contributed by atoms with Gasteiger partial charge in [0.05, 0.1) is 6.61 Å². The van der Waals surface area contributed by atoms with E-state index in [9.17, 15) is 4.79 Å². The lowest BCUT2D eigenvalue weighted by molar-refractivity contribution is -0.144. The van der Waals surface area contributed by atoms with Gasteiger partial charge in [0.1, 0.15) is 0 Å². The van der Waals surface area contributed by atoms with Gasteiger partial charge in [-0.3, -0.25) is 0 Å². The SMILES string of the molecule is CCOC(=O)C(Nc1ccccc1)c1ccc(Br)cc1Cl. The predicted octanol–water partition coefficient (Wildman–Crippen LogP) is 4.82. The van der Waals surface area contributed by atoms with E-state index in [-0.39, 0.29) is 5.97 Å². The highest BCUT2D eigenvalue weighted by Gasteiger charge is 2.24. The first kappa shape index (κ1) is 15.9. The Hall–Kier alpha value is -1.52. The number of nitrogens with one attached hydrogen (secondary N) is 1. The predicted molar refractivity (Wildman–Crippen MR) is 88.6 cm³/mol. The monoisotopic (exact) mass is 367 g/mol. The number of carbonyl (C=O) groups is 1. The van der Waals surface area contributed by atoms with Gasteiger partial charge in [-0.2, -0.15) is 0 Å². The highest BCUT2D eigenvalue weighted by Crippen LogP contribution is 2.29. The second-order valence-electron chi connectivity index (χ2n) is 4.36. The lowest BCUT2D eigenvalue weighted by atomic mass is 10.1. The largest absolute Gasteiger partial charge is 0.464 e. The molecule has 0 spiro atoms. The highest BCUT2D eigenvalue weighted by atomic mass is 79.9. The maximum atomic E-state index is 12.2. The Bertz CT molecular complexity index is 619. The molecule has 0 saturated heterocycles. The minimum absolute atomic E-state index is 0.319. The summed E-state index contributed by atoms with van der Waals surface area (Å²) in [7, 11) is 0. The van der Waals surface area contributed by atoms with Crippen molar-refractivity contribution in [1.82, 2.24) is 0 Å². The average Bonchev–Trinajstić information content (AvgIpc) is 2.47. The molecule has 0 aliphatic heterocycles. The molecule has 3 nitrogen and oxygen atoms in total. The van der Waals surface area contributed by atoms with Crippen LogP contribution in [0, 0.1) is 0 Å². The van der Waals surface area contributed by atoms with Crippen LogP contribution < -0.4 is 5.32 Å². The smallest absolute Gasteiger partial charge is 0.333 e. The minimum atomic E-state index is -0.645. The van der Waals surface area contributed by atoms with Gasteiger partial charge in [-0.15, -0.1) is 0 Å². The van der Waals surface area contributed by atoms with Crippen LogP contribution in [-0.4, -0.2) is 12.6 Å². The first-order chi connectivity index (χ1) is 10.1. The van der Waals surface area contributed by atoms with Gasteiger partial charge >= 0.3 is 5.97 Å². The zero-order valence-electron chi connectivity index (χ0n) is 11.5. The van der Waals surface area contributed by atoms with E-state index < -0.39 is 6.04 Å². The average molecular weight is 369 g/mol. The van der Waals surface area contributed by atoms with Crippen LogP contribution in [-0.2, 0) is 9.53 Å². The fourth-order valence-electron chi connectivity index (χ4n) is 1.93. The van der Waals surface area contributed by atoms with Gasteiger partial charge in [0.15, 0.2) is 6.04 Å². The number of ether oxygens (including phenoxy) is 1. The molecule has 1 unspecified atom stereocenters. The molecule has 0 amide bonds. The van der Waals surface area contributed by atoms with Crippen molar-refractivity contribution < 1.29 is 9.53 Å². The lowest BCUT2D eigenvalue weighted by Crippen LogP contribution is -2.23. The highest BCUT2D eigenvalue weighted by molar-refractivity contribution is 9.10. The fraction of sp³-hybridized carbons (Fsp3) is 0.188. The number of carbonyl (C=O) groups excluding carboxylic acids is 1. The van der Waals surface area contributed by atoms with Crippen LogP contribution in [0.5, 0.6) is 0 Å². The normalized spacial score (nSPS) is 11.8. The summed E-state index contributed by atoms with van der Waals surface area (Å²) in [4.78, 5) is 12.2. The lowest BCUT2D eigenvalue weighted by Gasteiger charge is -2.20. The molecule has 2 aromatic carbocycles. The van der Waals surface area contributed by atoms with E-state index in [1.807, 2.05) is 42.5 Å². The quantitative estimate of drug-likeness (QED) is 0.769. The molecule has 5 heteroatoms. The topological polar surface area (TPSA) is 38.3 Å². The molecular weight excluding hydrogens is 354 g/mol. The zero-order chi connectivity index (χ0) is 15.2. The van der Waals surface area contributed by atoms with Crippen LogP contribution in [0.4, 0.5) is 5.69 Å². The van der Waals surface area contributed by atoms with Gasteiger partial charge in [0, 0.05) is 20.7 Å². The van der Waals surface area contributed by atoms with Gasteiger partial charge in [-0.25, -0.2) is 4.79 Å². The maximum absolute atomic E-state index is 12.2. The van der Waals surface area contributed by atoms with E-state index in [0.717, 1.165) is 10.2 Å². The third-order valence-electron chi connectivity index (χ3n) is 2.88. The third kappa shape index (κ3) is 4.22. The third-order valence-corrected chi connectivity index (χ3v) is 3.70. The fourth-order valence-corrected chi connectivity index (χ4v) is 2.71. The van der Waals surface area contributed by atoms with Crippen molar-refractivity contribution in [3.8, 4) is 0 Å². The molecule has 1 N–H and O–H groups in total. The van der Waals surface area contributed by atoms with Crippen molar-refractivity contribution in [2.24, 2.45) is 0 Å². The van der Waals surface area contributed by atoms with Crippen molar-refractivity contribution in [1.29, 1.82) is 0 Å². The van der Waals surface area contributed by atoms with Gasteiger partial charge in [-0.1, -0.05) is 51.8 Å². The van der Waals surface area contributed by atoms with Crippen molar-refractivity contribution in [3.63, 3.8) is 0 Å². The van der Waals surface area contributed by atoms with Crippen molar-refractivity contribution in [2.75, 3.05) is 11.9 Å². The van der Waals surface area contributed by atoms with E-state index in [2.05, 4.69) is 21.2 Å². The standard InChI is InChI=1S/C16H15BrClNO2/c1-2-21-16(20)15(19-12-6-4-3-5-7-12)13-9-8-11(17)10-14(13)18/h3-10,15,19H,2H2,1H3. The number of hydrogen-bond acceptors (Lipinski definition) is 3. The van der Waals surface area contributed by atoms with Gasteiger partial charge < -0.3 is 10.1 Å². The summed E-state index contributed by atoms with van der Waals surface area (Å²) in [6.07, 6.45) is 0. The van der Waals surface area contributed by atoms with E-state index in [0.29, 0.717) is 17.2 Å². The Morgan fingerprint density at radius 1 is 1.29 bits per heavy atom. The summed E-state index contributed by atoms with van der Waals surface area (Å²) in [5.74, 6) is -0.356. The van der Waals surface area contributed by atoms with Crippen LogP contribution in [0.3, 0.4) is 0 Å². The van der Waals surface area contributed by atoms with E-state index in [4.69, 9.17) is 16.3 Å². The van der Waals surface area contributed by atoms with E-state index >= 15 is 0 Å². The zero-order valence-corrected chi connectivity index (χ0v) is 13.8. The van der Waals surface area contributed by atoms with Crippen LogP contribution >= 0.6 is 27.5 Å². The maximum Gasteiger partial charge on any atom is 0.333 e. The van der Waals surface area contributed by atoms with Crippen LogP contribution in [0.25, 0.3) is 0 Å². The van der Waals surface area contributed by atoms with E-state index in [1.165, 1.54) is 0 Å².